The summed E-state index contributed by atoms with van der Waals surface area (Å²) in [5, 5.41) is 12.3. The molecule has 0 radical (unpaired) electrons. The Bertz CT molecular complexity index is 1170. The molecule has 0 aliphatic heterocycles. The molecule has 0 amide bonds. The van der Waals surface area contributed by atoms with Crippen molar-refractivity contribution in [1.82, 2.24) is 9.97 Å². The van der Waals surface area contributed by atoms with Gasteiger partial charge in [0.25, 0.3) is 0 Å². The number of fused-ring (bicyclic) bond motifs is 1. The summed E-state index contributed by atoms with van der Waals surface area (Å²) in [6, 6.07) is 17.7. The fourth-order valence-electron chi connectivity index (χ4n) is 3.19. The summed E-state index contributed by atoms with van der Waals surface area (Å²) >= 11 is 0. The summed E-state index contributed by atoms with van der Waals surface area (Å²) in [4.78, 5) is 33.9. The normalized spacial score (nSPS) is 10.8. The third-order valence-corrected chi connectivity index (χ3v) is 4.42. The largest absolute Gasteiger partial charge is 0.418 e. The van der Waals surface area contributed by atoms with Gasteiger partial charge in [0, 0.05) is 17.8 Å². The van der Waals surface area contributed by atoms with Crippen LogP contribution in [0.2, 0.25) is 0 Å². The Morgan fingerprint density at radius 3 is 2.03 bits per heavy atom. The van der Waals surface area contributed by atoms with Gasteiger partial charge in [0.2, 0.25) is 0 Å². The van der Waals surface area contributed by atoms with E-state index in [2.05, 4.69) is 9.97 Å². The third-order valence-electron chi connectivity index (χ3n) is 4.42. The maximum Gasteiger partial charge on any atom is 0.417 e. The molecule has 8 nitrogen and oxygen atoms in total. The molecule has 0 bridgehead atoms. The van der Waals surface area contributed by atoms with Crippen molar-refractivity contribution >= 4 is 22.3 Å². The number of benzene rings is 1. The molecule has 0 fully saturated rings. The van der Waals surface area contributed by atoms with Crippen molar-refractivity contribution < 1.29 is 9.34 Å². The van der Waals surface area contributed by atoms with Gasteiger partial charge in [-0.15, -0.1) is 0 Å². The lowest BCUT2D eigenvalue weighted by Crippen LogP contribution is -2.26. The van der Waals surface area contributed by atoms with E-state index < -0.39 is 16.2 Å². The van der Waals surface area contributed by atoms with Gasteiger partial charge in [-0.3, -0.25) is 20.1 Å². The van der Waals surface area contributed by atoms with Crippen LogP contribution >= 0.6 is 0 Å². The average molecular weight is 388 g/mol. The van der Waals surface area contributed by atoms with Crippen LogP contribution in [0.3, 0.4) is 0 Å². The fraction of sp³-hybridized carbons (Fsp3) is 0.0952. The van der Waals surface area contributed by atoms with E-state index in [1.165, 1.54) is 0 Å². The molecular formula is C21H16N4O4. The van der Waals surface area contributed by atoms with Crippen molar-refractivity contribution in [2.45, 2.75) is 13.1 Å². The van der Waals surface area contributed by atoms with Crippen molar-refractivity contribution in [2.75, 3.05) is 4.90 Å². The maximum atomic E-state index is 12.4. The second-order valence-electron chi connectivity index (χ2n) is 6.34. The van der Waals surface area contributed by atoms with E-state index in [9.17, 15) is 14.9 Å². The van der Waals surface area contributed by atoms with Crippen LogP contribution in [0.5, 0.6) is 0 Å². The molecule has 29 heavy (non-hydrogen) atoms. The van der Waals surface area contributed by atoms with Crippen LogP contribution in [-0.4, -0.2) is 14.9 Å². The van der Waals surface area contributed by atoms with Crippen LogP contribution in [0.1, 0.15) is 11.4 Å². The van der Waals surface area contributed by atoms with Gasteiger partial charge in [-0.05, 0) is 36.4 Å². The zero-order chi connectivity index (χ0) is 20.2. The van der Waals surface area contributed by atoms with Crippen molar-refractivity contribution in [3.8, 4) is 0 Å². The summed E-state index contributed by atoms with van der Waals surface area (Å²) in [5.41, 5.74) is 0.291. The number of aromatic nitrogens is 2. The van der Waals surface area contributed by atoms with Gasteiger partial charge in [0.1, 0.15) is 11.3 Å². The van der Waals surface area contributed by atoms with Crippen molar-refractivity contribution in [1.29, 1.82) is 0 Å². The van der Waals surface area contributed by atoms with E-state index >= 15 is 0 Å². The molecule has 0 unspecified atom stereocenters. The maximum absolute atomic E-state index is 12.4. The lowest BCUT2D eigenvalue weighted by atomic mass is 10.1. The number of pyridine rings is 2. The van der Waals surface area contributed by atoms with Crippen LogP contribution in [0.4, 0.5) is 11.4 Å². The number of rotatable bonds is 6. The zero-order valence-corrected chi connectivity index (χ0v) is 15.3. The summed E-state index contributed by atoms with van der Waals surface area (Å²) in [7, 11) is 0. The van der Waals surface area contributed by atoms with Crippen molar-refractivity contribution in [2.24, 2.45) is 0 Å². The first-order valence-electron chi connectivity index (χ1n) is 8.88. The first-order chi connectivity index (χ1) is 14.1. The van der Waals surface area contributed by atoms with Crippen LogP contribution in [0.15, 0.2) is 82.3 Å². The second kappa shape index (κ2) is 7.89. The molecule has 0 atom stereocenters. The molecular weight excluding hydrogens is 372 g/mol. The predicted molar refractivity (Wildman–Crippen MR) is 107 cm³/mol. The lowest BCUT2D eigenvalue weighted by molar-refractivity contribution is -0.386. The van der Waals surface area contributed by atoms with Gasteiger partial charge in [0.15, 0.2) is 0 Å². The lowest BCUT2D eigenvalue weighted by Gasteiger charge is -2.24. The van der Waals surface area contributed by atoms with Crippen LogP contribution in [-0.2, 0) is 13.1 Å². The molecule has 144 valence electrons. The van der Waals surface area contributed by atoms with Crippen LogP contribution in [0, 0.1) is 10.1 Å². The molecule has 3 heterocycles. The smallest absolute Gasteiger partial charge is 0.417 e. The van der Waals surface area contributed by atoms with Gasteiger partial charge >= 0.3 is 11.3 Å². The van der Waals surface area contributed by atoms with Crippen molar-refractivity contribution in [3.05, 3.63) is 105 Å². The summed E-state index contributed by atoms with van der Waals surface area (Å²) in [5.74, 6) is 0. The number of hydrogen-bond acceptors (Lipinski definition) is 7. The first kappa shape index (κ1) is 18.3. The van der Waals surface area contributed by atoms with Gasteiger partial charge in [0.05, 0.1) is 29.4 Å². The highest BCUT2D eigenvalue weighted by Gasteiger charge is 2.29. The number of nitro groups is 1. The number of nitrogens with zero attached hydrogens (tertiary/aromatic N) is 4. The second-order valence-corrected chi connectivity index (χ2v) is 6.34. The zero-order valence-electron chi connectivity index (χ0n) is 15.3. The molecule has 1 aromatic carbocycles. The average Bonchev–Trinajstić information content (AvgIpc) is 2.73. The van der Waals surface area contributed by atoms with Crippen LogP contribution < -0.4 is 10.5 Å². The Hall–Kier alpha value is -4.07. The highest BCUT2D eigenvalue weighted by molar-refractivity contribution is 5.94. The molecule has 0 aliphatic carbocycles. The Kier molecular flexibility index (Phi) is 4.98. The predicted octanol–water partition coefficient (Wildman–Crippen LogP) is 3.70. The van der Waals surface area contributed by atoms with Gasteiger partial charge in [-0.25, -0.2) is 4.79 Å². The summed E-state index contributed by atoms with van der Waals surface area (Å²) in [6.45, 7) is 0.511. The standard InChI is InChI=1S/C21H16N4O4/c26-21-20(25(27)28)19(17-9-1-2-10-18(17)29-21)24(13-15-7-3-5-11-22-15)14-16-8-4-6-12-23-16/h1-12H,13-14H2. The van der Waals surface area contributed by atoms with Crippen molar-refractivity contribution in [3.63, 3.8) is 0 Å². The van der Waals surface area contributed by atoms with E-state index in [1.807, 2.05) is 24.3 Å². The Morgan fingerprint density at radius 2 is 1.48 bits per heavy atom. The highest BCUT2D eigenvalue weighted by atomic mass is 16.6. The molecule has 0 spiro atoms. The van der Waals surface area contributed by atoms with E-state index in [4.69, 9.17) is 4.42 Å². The van der Waals surface area contributed by atoms with Gasteiger partial charge < -0.3 is 9.32 Å². The first-order valence-corrected chi connectivity index (χ1v) is 8.88. The Labute approximate surface area is 165 Å². The quantitative estimate of drug-likeness (QED) is 0.282. The monoisotopic (exact) mass is 388 g/mol. The third kappa shape index (κ3) is 3.81. The minimum Gasteiger partial charge on any atom is -0.418 e. The van der Waals surface area contributed by atoms with E-state index in [-0.39, 0.29) is 24.4 Å². The van der Waals surface area contributed by atoms with E-state index in [0.717, 1.165) is 0 Å². The number of anilines is 1. The molecule has 0 saturated heterocycles. The van der Waals surface area contributed by atoms with E-state index in [1.54, 1.807) is 53.7 Å². The molecule has 0 aliphatic rings. The Morgan fingerprint density at radius 1 is 0.897 bits per heavy atom. The molecule has 4 rings (SSSR count). The van der Waals surface area contributed by atoms with E-state index in [0.29, 0.717) is 16.8 Å². The molecule has 3 aromatic heterocycles. The molecule has 4 aromatic rings. The molecule has 0 saturated carbocycles. The SMILES string of the molecule is O=c1oc2ccccc2c(N(Cc2ccccn2)Cc2ccccn2)c1[N+](=O)[O-]. The van der Waals surface area contributed by atoms with Crippen LogP contribution in [0.25, 0.3) is 11.0 Å². The summed E-state index contributed by atoms with van der Waals surface area (Å²) in [6.07, 6.45) is 3.31. The fourth-order valence-corrected chi connectivity index (χ4v) is 3.19. The molecule has 8 heteroatoms. The number of hydrogen-bond donors (Lipinski definition) is 0. The minimum atomic E-state index is -0.990. The Balaban J connectivity index is 1.93. The summed E-state index contributed by atoms with van der Waals surface area (Å²) < 4.78 is 5.19. The molecule has 0 N–H and O–H groups in total. The van der Waals surface area contributed by atoms with Gasteiger partial charge in [-0.2, -0.15) is 0 Å². The minimum absolute atomic E-state index is 0.193. The number of para-hydroxylation sites is 1. The highest BCUT2D eigenvalue weighted by Crippen LogP contribution is 2.35. The van der Waals surface area contributed by atoms with Gasteiger partial charge in [-0.1, -0.05) is 24.3 Å². The topological polar surface area (TPSA) is 102 Å².